The number of nitrogens with two attached hydrogens (primary N) is 1. The number of aliphatic hydroxyl groups excluding tert-OH is 1. The molecule has 0 saturated carbocycles. The quantitative estimate of drug-likeness (QED) is 0.359. The summed E-state index contributed by atoms with van der Waals surface area (Å²) in [5.41, 5.74) is 7.36. The molecule has 5 atom stereocenters. The van der Waals surface area contributed by atoms with E-state index in [1.54, 1.807) is 12.1 Å². The number of nitrogens with one attached hydrogen (secondary N) is 1. The molecule has 2 aromatic carbocycles. The molecule has 11 heteroatoms. The van der Waals surface area contributed by atoms with Crippen LogP contribution in [0.5, 0.6) is 0 Å². The molecule has 2 saturated heterocycles. The van der Waals surface area contributed by atoms with Crippen LogP contribution in [0, 0.1) is 11.8 Å². The highest BCUT2D eigenvalue weighted by Crippen LogP contribution is 2.33. The van der Waals surface area contributed by atoms with E-state index in [0.29, 0.717) is 13.2 Å². The minimum absolute atomic E-state index is 0.00438. The highest BCUT2D eigenvalue weighted by atomic mass is 32.2. The lowest BCUT2D eigenvalue weighted by atomic mass is 10.0. The minimum Gasteiger partial charge on any atom is -0.443 e. The average Bonchev–Trinajstić information content (AvgIpc) is 3.53. The summed E-state index contributed by atoms with van der Waals surface area (Å²) in [4.78, 5) is 13.1. The molecule has 0 aliphatic carbocycles. The highest BCUT2D eigenvalue weighted by Gasteiger charge is 2.44. The first-order valence-electron chi connectivity index (χ1n) is 13.4. The summed E-state index contributed by atoms with van der Waals surface area (Å²) >= 11 is 0. The van der Waals surface area contributed by atoms with Crippen LogP contribution in [0.1, 0.15) is 31.4 Å². The number of fused-ring (bicyclic) bond motifs is 1. The lowest BCUT2D eigenvalue weighted by molar-refractivity contribution is -0.0907. The van der Waals surface area contributed by atoms with Crippen molar-refractivity contribution in [1.82, 2.24) is 9.62 Å². The predicted molar refractivity (Wildman–Crippen MR) is 145 cm³/mol. The third kappa shape index (κ3) is 7.56. The maximum absolute atomic E-state index is 13.6. The molecule has 0 spiro atoms. The number of sulfonamides is 1. The van der Waals surface area contributed by atoms with Gasteiger partial charge in [0, 0.05) is 19.6 Å². The standard InChI is InChI=1S/C28H39N3O7S/c1-19(2)16-31(39(34,35)22-10-8-21(15-29)9-11-22)17-25(32)24(14-20-6-4-3-5-7-20)30-28(33)38-26-18-37-27-23(26)12-13-36-27/h3-11,19,23-27,32H,12-18,29H2,1-2H3,(H,30,33)/t23-,24-,25+,26?,27+/m0/s1. The molecular weight excluding hydrogens is 522 g/mol. The highest BCUT2D eigenvalue weighted by molar-refractivity contribution is 7.89. The number of amides is 1. The molecular formula is C28H39N3O7S. The van der Waals surface area contributed by atoms with Gasteiger partial charge in [0.1, 0.15) is 6.10 Å². The lowest BCUT2D eigenvalue weighted by Gasteiger charge is -2.31. The first-order chi connectivity index (χ1) is 18.7. The van der Waals surface area contributed by atoms with Crippen LogP contribution in [0.2, 0.25) is 0 Å². The molecule has 0 bridgehead atoms. The molecule has 2 aliphatic rings. The van der Waals surface area contributed by atoms with Gasteiger partial charge in [-0.2, -0.15) is 4.31 Å². The van der Waals surface area contributed by atoms with Crippen LogP contribution >= 0.6 is 0 Å². The van der Waals surface area contributed by atoms with Crippen molar-refractivity contribution in [3.63, 3.8) is 0 Å². The van der Waals surface area contributed by atoms with E-state index in [4.69, 9.17) is 19.9 Å². The number of aliphatic hydroxyl groups is 1. The molecule has 2 fully saturated rings. The zero-order valence-electron chi connectivity index (χ0n) is 22.4. The smallest absolute Gasteiger partial charge is 0.407 e. The summed E-state index contributed by atoms with van der Waals surface area (Å²) in [5, 5.41) is 14.2. The second-order valence-electron chi connectivity index (χ2n) is 10.5. The maximum atomic E-state index is 13.6. The summed E-state index contributed by atoms with van der Waals surface area (Å²) in [6.45, 7) is 4.92. The van der Waals surface area contributed by atoms with Gasteiger partial charge >= 0.3 is 6.09 Å². The number of rotatable bonds is 12. The number of hydrogen-bond donors (Lipinski definition) is 3. The van der Waals surface area contributed by atoms with Crippen molar-refractivity contribution in [3.8, 4) is 0 Å². The molecule has 2 heterocycles. The van der Waals surface area contributed by atoms with E-state index in [1.165, 1.54) is 16.4 Å². The Hall–Kier alpha value is -2.54. The molecule has 2 aromatic rings. The Bertz CT molecular complexity index is 1180. The first kappa shape index (κ1) is 29.4. The lowest BCUT2D eigenvalue weighted by Crippen LogP contribution is -2.51. The molecule has 4 rings (SSSR count). The van der Waals surface area contributed by atoms with Crippen LogP contribution in [-0.2, 0) is 37.2 Å². The van der Waals surface area contributed by atoms with Gasteiger partial charge in [0.25, 0.3) is 0 Å². The van der Waals surface area contributed by atoms with Crippen LogP contribution < -0.4 is 11.1 Å². The Morgan fingerprint density at radius 2 is 1.82 bits per heavy atom. The first-order valence-corrected chi connectivity index (χ1v) is 14.8. The number of benzene rings is 2. The molecule has 1 unspecified atom stereocenters. The predicted octanol–water partition coefficient (Wildman–Crippen LogP) is 2.25. The van der Waals surface area contributed by atoms with Gasteiger partial charge in [0.2, 0.25) is 10.0 Å². The number of ether oxygens (including phenoxy) is 3. The van der Waals surface area contributed by atoms with E-state index in [0.717, 1.165) is 17.5 Å². The van der Waals surface area contributed by atoms with E-state index < -0.39 is 34.4 Å². The number of hydrogen-bond acceptors (Lipinski definition) is 8. The van der Waals surface area contributed by atoms with E-state index in [-0.39, 0.29) is 49.1 Å². The second-order valence-corrected chi connectivity index (χ2v) is 12.5. The molecule has 1 amide bonds. The number of nitrogens with zero attached hydrogens (tertiary/aromatic N) is 1. The van der Waals surface area contributed by atoms with Crippen molar-refractivity contribution in [2.45, 2.75) is 62.7 Å². The summed E-state index contributed by atoms with van der Waals surface area (Å²) in [6.07, 6.45) is -1.67. The molecule has 2 aliphatic heterocycles. The Labute approximate surface area is 230 Å². The van der Waals surface area contributed by atoms with Crippen LogP contribution in [0.15, 0.2) is 59.5 Å². The van der Waals surface area contributed by atoms with Crippen molar-refractivity contribution in [2.24, 2.45) is 17.6 Å². The topological polar surface area (TPSA) is 140 Å². The molecule has 10 nitrogen and oxygen atoms in total. The largest absolute Gasteiger partial charge is 0.443 e. The Kier molecular flexibility index (Phi) is 9.97. The van der Waals surface area contributed by atoms with Crippen molar-refractivity contribution in [2.75, 3.05) is 26.3 Å². The van der Waals surface area contributed by atoms with Gasteiger partial charge in [-0.15, -0.1) is 0 Å². The second kappa shape index (κ2) is 13.2. The van der Waals surface area contributed by atoms with Gasteiger partial charge in [0.15, 0.2) is 6.29 Å². The Morgan fingerprint density at radius 1 is 1.10 bits per heavy atom. The third-order valence-electron chi connectivity index (χ3n) is 7.07. The number of carbonyl (C=O) groups is 1. The molecule has 4 N–H and O–H groups in total. The number of alkyl carbamates (subject to hydrolysis) is 1. The van der Waals surface area contributed by atoms with E-state index in [2.05, 4.69) is 5.32 Å². The zero-order valence-corrected chi connectivity index (χ0v) is 23.3. The molecule has 39 heavy (non-hydrogen) atoms. The van der Waals surface area contributed by atoms with Crippen molar-refractivity contribution in [3.05, 3.63) is 65.7 Å². The fraction of sp³-hybridized carbons (Fsp3) is 0.536. The van der Waals surface area contributed by atoms with Crippen LogP contribution in [0.25, 0.3) is 0 Å². The van der Waals surface area contributed by atoms with Crippen molar-refractivity contribution < 1.29 is 32.5 Å². The summed E-state index contributed by atoms with van der Waals surface area (Å²) in [6, 6.07) is 15.0. The zero-order chi connectivity index (χ0) is 28.0. The maximum Gasteiger partial charge on any atom is 0.407 e. The van der Waals surface area contributed by atoms with Gasteiger partial charge in [-0.25, -0.2) is 13.2 Å². The fourth-order valence-corrected chi connectivity index (χ4v) is 6.60. The van der Waals surface area contributed by atoms with Gasteiger partial charge < -0.3 is 30.4 Å². The van der Waals surface area contributed by atoms with E-state index >= 15 is 0 Å². The van der Waals surface area contributed by atoms with Crippen LogP contribution in [0.4, 0.5) is 4.79 Å². The van der Waals surface area contributed by atoms with Gasteiger partial charge in [-0.1, -0.05) is 56.3 Å². The minimum atomic E-state index is -3.92. The molecule has 0 aromatic heterocycles. The normalized spacial score (nSPS) is 22.6. The fourth-order valence-electron chi connectivity index (χ4n) is 4.98. The van der Waals surface area contributed by atoms with Crippen molar-refractivity contribution >= 4 is 16.1 Å². The SMILES string of the molecule is CC(C)CN(C[C@@H](O)[C@H](Cc1ccccc1)NC(=O)OC1CO[C@H]2OCC[C@@H]12)S(=O)(=O)c1ccc(CN)cc1. The van der Waals surface area contributed by atoms with Gasteiger partial charge in [-0.3, -0.25) is 0 Å². The Morgan fingerprint density at radius 3 is 2.49 bits per heavy atom. The molecule has 214 valence electrons. The van der Waals surface area contributed by atoms with E-state index in [1.807, 2.05) is 44.2 Å². The van der Waals surface area contributed by atoms with Gasteiger partial charge in [0.05, 0.1) is 36.2 Å². The summed E-state index contributed by atoms with van der Waals surface area (Å²) < 4.78 is 45.2. The number of carbonyl (C=O) groups excluding carboxylic acids is 1. The third-order valence-corrected chi connectivity index (χ3v) is 8.91. The van der Waals surface area contributed by atoms with Crippen molar-refractivity contribution in [1.29, 1.82) is 0 Å². The molecule has 0 radical (unpaired) electrons. The monoisotopic (exact) mass is 561 g/mol. The van der Waals surface area contributed by atoms with Crippen LogP contribution in [-0.4, -0.2) is 74.8 Å². The summed E-state index contributed by atoms with van der Waals surface area (Å²) in [7, 11) is -3.92. The summed E-state index contributed by atoms with van der Waals surface area (Å²) in [5.74, 6) is -0.0182. The Balaban J connectivity index is 1.51. The van der Waals surface area contributed by atoms with Crippen LogP contribution in [0.3, 0.4) is 0 Å². The average molecular weight is 562 g/mol. The van der Waals surface area contributed by atoms with Gasteiger partial charge in [-0.05, 0) is 42.0 Å². The van der Waals surface area contributed by atoms with E-state index in [9.17, 15) is 18.3 Å².